The van der Waals surface area contributed by atoms with Crippen LogP contribution in [0.2, 0.25) is 0 Å². The Morgan fingerprint density at radius 2 is 2.18 bits per heavy atom. The zero-order valence-electron chi connectivity index (χ0n) is 9.17. The van der Waals surface area contributed by atoms with Crippen molar-refractivity contribution in [3.63, 3.8) is 0 Å². The first-order chi connectivity index (χ1) is 7.47. The van der Waals surface area contributed by atoms with Crippen LogP contribution in [-0.2, 0) is 0 Å². The second-order valence-electron chi connectivity index (χ2n) is 3.46. The summed E-state index contributed by atoms with van der Waals surface area (Å²) in [5.41, 5.74) is 5.40. The van der Waals surface area contributed by atoms with Gasteiger partial charge >= 0.3 is 0 Å². The summed E-state index contributed by atoms with van der Waals surface area (Å²) in [5, 5.41) is 20.2. The molecule has 0 radical (unpaired) electrons. The largest absolute Gasteiger partial charge is 0.391 e. The summed E-state index contributed by atoms with van der Waals surface area (Å²) in [6.07, 6.45) is -0.514. The van der Waals surface area contributed by atoms with Gasteiger partial charge in [0.15, 0.2) is 0 Å². The first-order valence-electron chi connectivity index (χ1n) is 4.84. The molecular formula is C10H14ClFN2O3. The zero-order chi connectivity index (χ0) is 12.3. The van der Waals surface area contributed by atoms with Gasteiger partial charge in [-0.05, 0) is 18.6 Å². The third-order valence-corrected chi connectivity index (χ3v) is 2.38. The number of hydrogen-bond acceptors (Lipinski definition) is 4. The van der Waals surface area contributed by atoms with Gasteiger partial charge in [0.25, 0.3) is 5.69 Å². The van der Waals surface area contributed by atoms with Gasteiger partial charge < -0.3 is 10.8 Å². The normalized spacial score (nSPS) is 13.6. The Kier molecular flexibility index (Phi) is 6.01. The molecule has 0 amide bonds. The van der Waals surface area contributed by atoms with Crippen molar-refractivity contribution in [1.29, 1.82) is 0 Å². The highest BCUT2D eigenvalue weighted by molar-refractivity contribution is 5.85. The van der Waals surface area contributed by atoms with Crippen molar-refractivity contribution in [2.45, 2.75) is 25.5 Å². The van der Waals surface area contributed by atoms with Gasteiger partial charge in [0.1, 0.15) is 5.82 Å². The molecule has 1 rings (SSSR count). The monoisotopic (exact) mass is 264 g/mol. The third kappa shape index (κ3) is 3.62. The standard InChI is InChI=1S/C10H13FN2O3.ClH/c1-2-9(14)10(12)7-4-3-6(11)5-8(7)13(15)16;/h3-5,9-10,14H,2,12H2,1H3;1H/t9-,10+;/m0./s1. The van der Waals surface area contributed by atoms with Crippen LogP contribution in [-0.4, -0.2) is 16.1 Å². The minimum absolute atomic E-state index is 0. The lowest BCUT2D eigenvalue weighted by Crippen LogP contribution is -2.26. The first kappa shape index (κ1) is 15.8. The van der Waals surface area contributed by atoms with Crippen molar-refractivity contribution in [3.05, 3.63) is 39.7 Å². The van der Waals surface area contributed by atoms with E-state index in [4.69, 9.17) is 5.73 Å². The van der Waals surface area contributed by atoms with Crippen LogP contribution >= 0.6 is 12.4 Å². The fraction of sp³-hybridized carbons (Fsp3) is 0.400. The van der Waals surface area contributed by atoms with Gasteiger partial charge in [-0.15, -0.1) is 12.4 Å². The summed E-state index contributed by atoms with van der Waals surface area (Å²) in [4.78, 5) is 9.98. The Morgan fingerprint density at radius 3 is 2.65 bits per heavy atom. The van der Waals surface area contributed by atoms with Gasteiger partial charge in [0.05, 0.1) is 23.1 Å². The van der Waals surface area contributed by atoms with Gasteiger partial charge in [0, 0.05) is 5.56 Å². The average molecular weight is 265 g/mol. The quantitative estimate of drug-likeness (QED) is 0.642. The van der Waals surface area contributed by atoms with Gasteiger partial charge in [-0.1, -0.05) is 6.92 Å². The van der Waals surface area contributed by atoms with E-state index in [9.17, 15) is 19.6 Å². The van der Waals surface area contributed by atoms with Gasteiger partial charge in [-0.2, -0.15) is 0 Å². The van der Waals surface area contributed by atoms with Crippen molar-refractivity contribution in [3.8, 4) is 0 Å². The summed E-state index contributed by atoms with van der Waals surface area (Å²) in [6, 6.07) is 2.24. The molecule has 17 heavy (non-hydrogen) atoms. The molecule has 0 spiro atoms. The number of rotatable bonds is 4. The van der Waals surface area contributed by atoms with Gasteiger partial charge in [-0.3, -0.25) is 10.1 Å². The van der Waals surface area contributed by atoms with Crippen molar-refractivity contribution in [1.82, 2.24) is 0 Å². The topological polar surface area (TPSA) is 89.4 Å². The Hall–Kier alpha value is -1.24. The smallest absolute Gasteiger partial charge is 0.277 e. The molecule has 7 heteroatoms. The molecular weight excluding hydrogens is 251 g/mol. The number of benzene rings is 1. The van der Waals surface area contributed by atoms with Crippen molar-refractivity contribution in [2.75, 3.05) is 0 Å². The van der Waals surface area contributed by atoms with Crippen LogP contribution in [0.15, 0.2) is 18.2 Å². The van der Waals surface area contributed by atoms with Crippen LogP contribution in [0.25, 0.3) is 0 Å². The van der Waals surface area contributed by atoms with E-state index in [1.807, 2.05) is 0 Å². The number of nitrogens with two attached hydrogens (primary N) is 1. The van der Waals surface area contributed by atoms with Gasteiger partial charge in [-0.25, -0.2) is 4.39 Å². The lowest BCUT2D eigenvalue weighted by atomic mass is 9.99. The van der Waals surface area contributed by atoms with E-state index in [1.54, 1.807) is 6.92 Å². The van der Waals surface area contributed by atoms with Crippen LogP contribution in [0.4, 0.5) is 10.1 Å². The van der Waals surface area contributed by atoms with E-state index < -0.39 is 28.6 Å². The number of aliphatic hydroxyl groups is 1. The predicted octanol–water partition coefficient (Wildman–Crippen LogP) is 1.93. The molecule has 96 valence electrons. The molecule has 0 heterocycles. The SMILES string of the molecule is CC[C@H](O)[C@H](N)c1ccc(F)cc1[N+](=O)[O-].Cl. The predicted molar refractivity (Wildman–Crippen MR) is 63.5 cm³/mol. The molecule has 0 aliphatic heterocycles. The van der Waals surface area contributed by atoms with E-state index in [1.165, 1.54) is 6.07 Å². The Labute approximate surface area is 104 Å². The molecule has 3 N–H and O–H groups in total. The zero-order valence-corrected chi connectivity index (χ0v) is 9.98. The Balaban J connectivity index is 0.00000256. The van der Waals surface area contributed by atoms with E-state index in [-0.39, 0.29) is 18.0 Å². The Bertz CT molecular complexity index is 403. The molecule has 1 aromatic rings. The summed E-state index contributed by atoms with van der Waals surface area (Å²) >= 11 is 0. The Morgan fingerprint density at radius 1 is 1.59 bits per heavy atom. The molecule has 0 aromatic heterocycles. The number of nitro groups is 1. The minimum atomic E-state index is -0.885. The molecule has 0 saturated carbocycles. The van der Waals surface area contributed by atoms with E-state index in [0.717, 1.165) is 12.1 Å². The molecule has 0 fully saturated rings. The lowest BCUT2D eigenvalue weighted by Gasteiger charge is -2.17. The van der Waals surface area contributed by atoms with E-state index >= 15 is 0 Å². The second-order valence-corrected chi connectivity index (χ2v) is 3.46. The molecule has 0 unspecified atom stereocenters. The lowest BCUT2D eigenvalue weighted by molar-refractivity contribution is -0.386. The third-order valence-electron chi connectivity index (χ3n) is 2.38. The average Bonchev–Trinajstić information content (AvgIpc) is 2.26. The highest BCUT2D eigenvalue weighted by atomic mass is 35.5. The van der Waals surface area contributed by atoms with Crippen LogP contribution in [0, 0.1) is 15.9 Å². The number of nitro benzene ring substituents is 1. The van der Waals surface area contributed by atoms with Gasteiger partial charge in [0.2, 0.25) is 0 Å². The highest BCUT2D eigenvalue weighted by Crippen LogP contribution is 2.27. The van der Waals surface area contributed by atoms with E-state index in [0.29, 0.717) is 6.42 Å². The minimum Gasteiger partial charge on any atom is -0.391 e. The summed E-state index contributed by atoms with van der Waals surface area (Å²) < 4.78 is 12.8. The fourth-order valence-electron chi connectivity index (χ4n) is 1.42. The summed E-state index contributed by atoms with van der Waals surface area (Å²) in [6.45, 7) is 1.71. The molecule has 0 aliphatic rings. The maximum Gasteiger partial charge on any atom is 0.277 e. The van der Waals surface area contributed by atoms with Crippen LogP contribution in [0.3, 0.4) is 0 Å². The second kappa shape index (κ2) is 6.48. The molecule has 0 bridgehead atoms. The number of aliphatic hydroxyl groups excluding tert-OH is 1. The molecule has 5 nitrogen and oxygen atoms in total. The first-order valence-corrected chi connectivity index (χ1v) is 4.84. The fourth-order valence-corrected chi connectivity index (χ4v) is 1.42. The number of hydrogen-bond donors (Lipinski definition) is 2. The summed E-state index contributed by atoms with van der Waals surface area (Å²) in [7, 11) is 0. The van der Waals surface area contributed by atoms with Crippen molar-refractivity contribution >= 4 is 18.1 Å². The number of halogens is 2. The number of nitrogens with zero attached hydrogens (tertiary/aromatic N) is 1. The highest BCUT2D eigenvalue weighted by Gasteiger charge is 2.24. The van der Waals surface area contributed by atoms with Crippen molar-refractivity contribution in [2.24, 2.45) is 5.73 Å². The molecule has 0 aliphatic carbocycles. The maximum atomic E-state index is 12.8. The van der Waals surface area contributed by atoms with Crippen LogP contribution in [0.1, 0.15) is 24.9 Å². The molecule has 0 saturated heterocycles. The van der Waals surface area contributed by atoms with E-state index in [2.05, 4.69) is 0 Å². The van der Waals surface area contributed by atoms with Crippen molar-refractivity contribution < 1.29 is 14.4 Å². The summed E-state index contributed by atoms with van der Waals surface area (Å²) in [5.74, 6) is -0.700. The molecule has 1 aromatic carbocycles. The van der Waals surface area contributed by atoms with Crippen LogP contribution in [0.5, 0.6) is 0 Å². The molecule has 2 atom stereocenters. The maximum absolute atomic E-state index is 12.8. The van der Waals surface area contributed by atoms with Crippen LogP contribution < -0.4 is 5.73 Å².